The Morgan fingerprint density at radius 2 is 2.17 bits per heavy atom. The predicted molar refractivity (Wildman–Crippen MR) is 30.5 cm³/mol. The summed E-state index contributed by atoms with van der Waals surface area (Å²) in [5.74, 6) is 6.18. The fourth-order valence-electron chi connectivity index (χ4n) is 0.176. The van der Waals surface area contributed by atoms with Gasteiger partial charge in [0.2, 0.25) is 0 Å². The Morgan fingerprint density at radius 3 is 2.33 bits per heavy atom. The number of hydrogen-bond donors (Lipinski definition) is 0. The van der Waals surface area contributed by atoms with Crippen molar-refractivity contribution in [2.75, 3.05) is 5.75 Å². The molecule has 0 spiro atoms. The third-order valence-electron chi connectivity index (χ3n) is 0.374. The maximum absolute atomic E-state index is 4.54. The van der Waals surface area contributed by atoms with Gasteiger partial charge in [-0.2, -0.15) is 0 Å². The Labute approximate surface area is 44.4 Å². The molecule has 0 rings (SSSR count). The molecule has 0 N–H and O–H groups in total. The van der Waals surface area contributed by atoms with Gasteiger partial charge in [-0.05, 0) is 0 Å². The van der Waals surface area contributed by atoms with Crippen molar-refractivity contribution in [1.29, 1.82) is 0 Å². The lowest BCUT2D eigenvalue weighted by Gasteiger charge is -1.64. The topological polar surface area (TPSA) is 0 Å². The second-order valence-electron chi connectivity index (χ2n) is 0.851. The maximum Gasteiger partial charge on any atom is 0.0651 e. The quantitative estimate of drug-likeness (QED) is 0.405. The van der Waals surface area contributed by atoms with Gasteiger partial charge < -0.3 is 0 Å². The molecule has 6 heavy (non-hydrogen) atoms. The summed E-state index contributed by atoms with van der Waals surface area (Å²) in [5.41, 5.74) is 0. The van der Waals surface area contributed by atoms with E-state index in [9.17, 15) is 0 Å². The summed E-state index contributed by atoms with van der Waals surface area (Å²) < 4.78 is 0. The van der Waals surface area contributed by atoms with Gasteiger partial charge in [-0.25, -0.2) is 0 Å². The van der Waals surface area contributed by atoms with Crippen LogP contribution in [0.3, 0.4) is 0 Å². The van der Waals surface area contributed by atoms with Crippen LogP contribution in [-0.2, 0) is 0 Å². The first-order valence-corrected chi connectivity index (χ1v) is 2.53. The fraction of sp³-hybridized carbons (Fsp3) is 0.600. The van der Waals surface area contributed by atoms with Crippen molar-refractivity contribution in [3.63, 3.8) is 0 Å². The molecule has 0 aromatic heterocycles. The molecule has 0 aliphatic rings. The highest BCUT2D eigenvalue weighted by Crippen LogP contribution is 1.69. The summed E-state index contributed by atoms with van der Waals surface area (Å²) in [6, 6.07) is 0. The number of hydrogen-bond acceptors (Lipinski definition) is 0. The monoisotopic (exact) mass is 99.0 g/mol. The molecule has 0 fully saturated rings. The average molecular weight is 99.2 g/mol. The first-order valence-electron chi connectivity index (χ1n) is 1.95. The van der Waals surface area contributed by atoms with Crippen LogP contribution in [0.15, 0.2) is 0 Å². The summed E-state index contributed by atoms with van der Waals surface area (Å²) in [4.78, 5) is 0. The highest BCUT2D eigenvalue weighted by molar-refractivity contribution is 7.80. The average Bonchev–Trinajstić information content (AvgIpc) is 1.61. The molecule has 0 bridgehead atoms. The largest absolute Gasteiger partial charge is 0.103 e. The Morgan fingerprint density at radius 1 is 1.50 bits per heavy atom. The Balaban J connectivity index is 2.90. The molecule has 0 nitrogen and oxygen atoms in total. The SMILES string of the molecule is CCC#CC[S]. The van der Waals surface area contributed by atoms with E-state index in [2.05, 4.69) is 24.5 Å². The summed E-state index contributed by atoms with van der Waals surface area (Å²) in [5, 5.41) is 0. The standard InChI is InChI=1S/C5H7S/c1-2-3-4-5-6/h2,5H2,1H3. The molecule has 0 aliphatic carbocycles. The van der Waals surface area contributed by atoms with E-state index in [1.165, 1.54) is 0 Å². The van der Waals surface area contributed by atoms with Crippen molar-refractivity contribution >= 4 is 12.6 Å². The van der Waals surface area contributed by atoms with Gasteiger partial charge in [0.1, 0.15) is 0 Å². The van der Waals surface area contributed by atoms with Crippen LogP contribution in [0.4, 0.5) is 0 Å². The number of rotatable bonds is 0. The molecule has 0 aromatic rings. The van der Waals surface area contributed by atoms with E-state index in [1.54, 1.807) is 0 Å². The van der Waals surface area contributed by atoms with Gasteiger partial charge in [0, 0.05) is 6.42 Å². The zero-order chi connectivity index (χ0) is 4.83. The van der Waals surface area contributed by atoms with Crippen molar-refractivity contribution in [1.82, 2.24) is 0 Å². The Hall–Kier alpha value is -0.0900. The minimum atomic E-state index is 0.577. The van der Waals surface area contributed by atoms with Crippen LogP contribution >= 0.6 is 12.6 Å². The zero-order valence-corrected chi connectivity index (χ0v) is 4.64. The molecular weight excluding hydrogens is 92.1 g/mol. The van der Waals surface area contributed by atoms with Crippen LogP contribution in [0.1, 0.15) is 13.3 Å². The minimum absolute atomic E-state index is 0.577. The van der Waals surface area contributed by atoms with Gasteiger partial charge >= 0.3 is 0 Å². The van der Waals surface area contributed by atoms with Crippen molar-refractivity contribution in [2.45, 2.75) is 13.3 Å². The van der Waals surface area contributed by atoms with Gasteiger partial charge in [-0.1, -0.05) is 25.5 Å². The first kappa shape index (κ1) is 5.91. The molecule has 33 valence electrons. The van der Waals surface area contributed by atoms with Crippen molar-refractivity contribution in [3.05, 3.63) is 0 Å². The van der Waals surface area contributed by atoms with Gasteiger partial charge in [0.05, 0.1) is 5.75 Å². The summed E-state index contributed by atoms with van der Waals surface area (Å²) in [6.07, 6.45) is 0.927. The van der Waals surface area contributed by atoms with Crippen LogP contribution in [0.25, 0.3) is 0 Å². The Kier molecular flexibility index (Phi) is 4.84. The molecule has 0 heterocycles. The van der Waals surface area contributed by atoms with E-state index >= 15 is 0 Å². The second-order valence-corrected chi connectivity index (χ2v) is 1.14. The minimum Gasteiger partial charge on any atom is -0.103 e. The third-order valence-corrected chi connectivity index (χ3v) is 0.518. The molecule has 1 radical (unpaired) electrons. The van der Waals surface area contributed by atoms with E-state index in [-0.39, 0.29) is 0 Å². The lowest BCUT2D eigenvalue weighted by molar-refractivity contribution is 1.28. The zero-order valence-electron chi connectivity index (χ0n) is 3.82. The molecule has 0 aromatic carbocycles. The molecule has 0 amide bonds. The van der Waals surface area contributed by atoms with Crippen LogP contribution in [0.5, 0.6) is 0 Å². The van der Waals surface area contributed by atoms with E-state index in [4.69, 9.17) is 0 Å². The highest BCUT2D eigenvalue weighted by Gasteiger charge is 1.57. The van der Waals surface area contributed by atoms with Crippen molar-refractivity contribution in [2.24, 2.45) is 0 Å². The molecular formula is C5H7S. The Bertz CT molecular complexity index is 57.7. The molecule has 0 saturated carbocycles. The molecule has 0 atom stereocenters. The van der Waals surface area contributed by atoms with E-state index in [0.29, 0.717) is 5.75 Å². The summed E-state index contributed by atoms with van der Waals surface area (Å²) in [7, 11) is 0. The summed E-state index contributed by atoms with van der Waals surface area (Å²) >= 11 is 4.54. The van der Waals surface area contributed by atoms with Gasteiger partial charge in [0.25, 0.3) is 0 Å². The lowest BCUT2D eigenvalue weighted by atomic mass is 10.5. The molecule has 1 heteroatoms. The predicted octanol–water partition coefficient (Wildman–Crippen LogP) is 1.60. The van der Waals surface area contributed by atoms with E-state index in [1.807, 2.05) is 6.92 Å². The van der Waals surface area contributed by atoms with Gasteiger partial charge in [-0.15, -0.1) is 5.92 Å². The molecule has 0 aliphatic heterocycles. The normalized spacial score (nSPS) is 6.33. The van der Waals surface area contributed by atoms with Crippen molar-refractivity contribution < 1.29 is 0 Å². The highest BCUT2D eigenvalue weighted by atomic mass is 32.1. The van der Waals surface area contributed by atoms with Crippen LogP contribution in [0, 0.1) is 11.8 Å². The maximum atomic E-state index is 4.54. The van der Waals surface area contributed by atoms with Gasteiger partial charge in [0.15, 0.2) is 0 Å². The molecule has 0 unspecified atom stereocenters. The van der Waals surface area contributed by atoms with Crippen LogP contribution < -0.4 is 0 Å². The second kappa shape index (κ2) is 4.91. The fourth-order valence-corrected chi connectivity index (χ4v) is 0.278. The van der Waals surface area contributed by atoms with E-state index < -0.39 is 0 Å². The third kappa shape index (κ3) is 3.91. The molecule has 0 saturated heterocycles. The van der Waals surface area contributed by atoms with Gasteiger partial charge in [-0.3, -0.25) is 0 Å². The van der Waals surface area contributed by atoms with Crippen LogP contribution in [-0.4, -0.2) is 5.75 Å². The van der Waals surface area contributed by atoms with Crippen LogP contribution in [0.2, 0.25) is 0 Å². The lowest BCUT2D eigenvalue weighted by Crippen LogP contribution is -1.57. The first-order chi connectivity index (χ1) is 2.91. The summed E-state index contributed by atoms with van der Waals surface area (Å²) in [6.45, 7) is 2.01. The van der Waals surface area contributed by atoms with Crippen molar-refractivity contribution in [3.8, 4) is 11.8 Å². The van der Waals surface area contributed by atoms with E-state index in [0.717, 1.165) is 6.42 Å². The smallest absolute Gasteiger partial charge is 0.0651 e.